The number of halogens is 2. The first-order chi connectivity index (χ1) is 16.9. The minimum Gasteiger partial charge on any atom is -0.478 e. The smallest absolute Gasteiger partial charge is 0.335 e. The predicted molar refractivity (Wildman–Crippen MR) is 134 cm³/mol. The second-order valence-corrected chi connectivity index (χ2v) is 9.36. The molecule has 5 nitrogen and oxygen atoms in total. The monoisotopic (exact) mass is 475 g/mol. The fourth-order valence-corrected chi connectivity index (χ4v) is 5.57. The molecule has 2 aromatic carbocycles. The molecule has 35 heavy (non-hydrogen) atoms. The predicted octanol–water partition coefficient (Wildman–Crippen LogP) is 7.29. The second kappa shape index (κ2) is 9.13. The van der Waals surface area contributed by atoms with E-state index in [1.54, 1.807) is 24.3 Å². The van der Waals surface area contributed by atoms with Crippen LogP contribution in [0.5, 0.6) is 0 Å². The van der Waals surface area contributed by atoms with Crippen molar-refractivity contribution in [3.63, 3.8) is 0 Å². The standard InChI is InChI=1S/C28H27F2N3O2/c29-22-11-10-20(13-23(22)30)33-25-12-19(15-31)24(32)14-21(25)26(27(33)17-4-2-1-3-5-17)16-6-8-18(9-7-16)28(34)35/h6-9,11-15,17,20,31H,1-5,10,32H2,(H,34,35). The number of carboxylic acid groups (broad SMARTS) is 1. The summed E-state index contributed by atoms with van der Waals surface area (Å²) < 4.78 is 30.4. The van der Waals surface area contributed by atoms with Crippen LogP contribution in [0.15, 0.2) is 60.2 Å². The molecule has 2 aliphatic rings. The molecule has 2 aliphatic carbocycles. The first-order valence-electron chi connectivity index (χ1n) is 11.9. The van der Waals surface area contributed by atoms with Crippen molar-refractivity contribution in [2.45, 2.75) is 50.5 Å². The number of hydrogen-bond donors (Lipinski definition) is 3. The lowest BCUT2D eigenvalue weighted by Crippen LogP contribution is -2.17. The van der Waals surface area contributed by atoms with E-state index < -0.39 is 23.7 Å². The van der Waals surface area contributed by atoms with Crippen LogP contribution in [0.1, 0.15) is 72.1 Å². The van der Waals surface area contributed by atoms with Crippen molar-refractivity contribution < 1.29 is 18.7 Å². The number of nitrogens with zero attached hydrogens (tertiary/aromatic N) is 1. The summed E-state index contributed by atoms with van der Waals surface area (Å²) in [5.74, 6) is -2.50. The van der Waals surface area contributed by atoms with E-state index >= 15 is 0 Å². The van der Waals surface area contributed by atoms with E-state index in [-0.39, 0.29) is 11.5 Å². The third-order valence-corrected chi connectivity index (χ3v) is 7.25. The molecule has 1 heterocycles. The summed E-state index contributed by atoms with van der Waals surface area (Å²) >= 11 is 0. The highest BCUT2D eigenvalue weighted by Crippen LogP contribution is 2.47. The molecular weight excluding hydrogens is 448 g/mol. The van der Waals surface area contributed by atoms with E-state index in [0.29, 0.717) is 17.7 Å². The quantitative estimate of drug-likeness (QED) is 0.267. The number of aromatic nitrogens is 1. The van der Waals surface area contributed by atoms with Gasteiger partial charge in [0, 0.05) is 34.1 Å². The zero-order chi connectivity index (χ0) is 24.7. The van der Waals surface area contributed by atoms with Gasteiger partial charge in [0.05, 0.1) is 17.1 Å². The third-order valence-electron chi connectivity index (χ3n) is 7.25. The van der Waals surface area contributed by atoms with Crippen molar-refractivity contribution >= 4 is 28.8 Å². The van der Waals surface area contributed by atoms with Crippen LogP contribution in [0.2, 0.25) is 0 Å². The fourth-order valence-electron chi connectivity index (χ4n) is 5.57. The van der Waals surface area contributed by atoms with Crippen LogP contribution in [0, 0.1) is 5.41 Å². The molecule has 1 aromatic heterocycles. The largest absolute Gasteiger partial charge is 0.478 e. The van der Waals surface area contributed by atoms with Gasteiger partial charge in [0.25, 0.3) is 0 Å². The van der Waals surface area contributed by atoms with Crippen LogP contribution in [0.4, 0.5) is 14.5 Å². The molecular formula is C28H27F2N3O2. The summed E-state index contributed by atoms with van der Waals surface area (Å²) in [5.41, 5.74) is 11.1. The van der Waals surface area contributed by atoms with Crippen molar-refractivity contribution in [3.05, 3.63) is 77.0 Å². The molecule has 0 aliphatic heterocycles. The SMILES string of the molecule is N=Cc1cc2c(cc1N)c(-c1ccc(C(=O)O)cc1)c(C1CCCCC1)n2C1C=C(F)C(F)=CC1. The van der Waals surface area contributed by atoms with Crippen LogP contribution in [-0.2, 0) is 0 Å². The number of hydrogen-bond acceptors (Lipinski definition) is 3. The number of anilines is 1. The van der Waals surface area contributed by atoms with Gasteiger partial charge in [-0.25, -0.2) is 13.6 Å². The number of nitrogen functional groups attached to an aromatic ring is 1. The molecule has 0 spiro atoms. The van der Waals surface area contributed by atoms with Crippen LogP contribution >= 0.6 is 0 Å². The maximum atomic E-state index is 14.4. The van der Waals surface area contributed by atoms with Crippen molar-refractivity contribution in [2.75, 3.05) is 5.73 Å². The molecule has 5 rings (SSSR count). The molecule has 1 fully saturated rings. The summed E-state index contributed by atoms with van der Waals surface area (Å²) in [6.07, 6.45) is 9.41. The van der Waals surface area contributed by atoms with Gasteiger partial charge in [0.15, 0.2) is 11.7 Å². The zero-order valence-corrected chi connectivity index (χ0v) is 19.2. The topological polar surface area (TPSA) is 92.1 Å². The summed E-state index contributed by atoms with van der Waals surface area (Å²) in [6.45, 7) is 0. The zero-order valence-electron chi connectivity index (χ0n) is 19.2. The van der Waals surface area contributed by atoms with E-state index in [1.165, 1.54) is 18.4 Å². The Morgan fingerprint density at radius 3 is 2.43 bits per heavy atom. The molecule has 1 atom stereocenters. The van der Waals surface area contributed by atoms with Crippen LogP contribution in [0.3, 0.4) is 0 Å². The van der Waals surface area contributed by atoms with Crippen LogP contribution in [-0.4, -0.2) is 21.9 Å². The van der Waals surface area contributed by atoms with Gasteiger partial charge in [0.1, 0.15) is 0 Å². The lowest BCUT2D eigenvalue weighted by Gasteiger charge is -2.29. The first kappa shape index (κ1) is 23.0. The second-order valence-electron chi connectivity index (χ2n) is 9.36. The van der Waals surface area contributed by atoms with Gasteiger partial charge in [-0.15, -0.1) is 0 Å². The minimum atomic E-state index is -0.997. The Kier molecular flexibility index (Phi) is 6.01. The number of carboxylic acids is 1. The minimum absolute atomic E-state index is 0.195. The highest BCUT2D eigenvalue weighted by molar-refractivity contribution is 6.04. The summed E-state index contributed by atoms with van der Waals surface area (Å²) in [5, 5.41) is 18.0. The molecule has 3 aromatic rings. The molecule has 180 valence electrons. The highest BCUT2D eigenvalue weighted by Gasteiger charge is 2.31. The van der Waals surface area contributed by atoms with E-state index in [1.807, 2.05) is 12.1 Å². The highest BCUT2D eigenvalue weighted by atomic mass is 19.2. The molecule has 0 bridgehead atoms. The molecule has 1 saturated carbocycles. The molecule has 7 heteroatoms. The number of aromatic carboxylic acids is 1. The Hall–Kier alpha value is -3.74. The maximum Gasteiger partial charge on any atom is 0.335 e. The summed E-state index contributed by atoms with van der Waals surface area (Å²) in [7, 11) is 0. The average Bonchev–Trinajstić information content (AvgIpc) is 3.19. The average molecular weight is 476 g/mol. The summed E-state index contributed by atoms with van der Waals surface area (Å²) in [6, 6.07) is 10.0. The molecule has 1 unspecified atom stereocenters. The van der Waals surface area contributed by atoms with Crippen LogP contribution in [0.25, 0.3) is 22.0 Å². The third kappa shape index (κ3) is 4.05. The lowest BCUT2D eigenvalue weighted by atomic mass is 9.83. The number of allylic oxidation sites excluding steroid dienone is 4. The Labute approximate surface area is 202 Å². The van der Waals surface area contributed by atoms with Gasteiger partial charge in [-0.05, 0) is 67.2 Å². The molecule has 0 radical (unpaired) electrons. The lowest BCUT2D eigenvalue weighted by molar-refractivity contribution is 0.0697. The van der Waals surface area contributed by atoms with Crippen molar-refractivity contribution in [1.82, 2.24) is 4.57 Å². The van der Waals surface area contributed by atoms with E-state index in [2.05, 4.69) is 4.57 Å². The Morgan fingerprint density at radius 2 is 1.80 bits per heavy atom. The Balaban J connectivity index is 1.84. The molecule has 4 N–H and O–H groups in total. The van der Waals surface area contributed by atoms with Gasteiger partial charge in [-0.3, -0.25) is 0 Å². The Morgan fingerprint density at radius 1 is 1.09 bits per heavy atom. The number of carbonyl (C=O) groups is 1. The first-order valence-corrected chi connectivity index (χ1v) is 11.9. The van der Waals surface area contributed by atoms with Gasteiger partial charge in [-0.1, -0.05) is 31.4 Å². The van der Waals surface area contributed by atoms with E-state index in [0.717, 1.165) is 59.8 Å². The maximum absolute atomic E-state index is 14.4. The van der Waals surface area contributed by atoms with Gasteiger partial charge in [-0.2, -0.15) is 0 Å². The van der Waals surface area contributed by atoms with E-state index in [4.69, 9.17) is 11.1 Å². The number of rotatable bonds is 5. The molecule has 0 amide bonds. The normalized spacial score (nSPS) is 18.9. The molecule has 0 saturated heterocycles. The van der Waals surface area contributed by atoms with Crippen molar-refractivity contribution in [3.8, 4) is 11.1 Å². The van der Waals surface area contributed by atoms with Crippen molar-refractivity contribution in [1.29, 1.82) is 5.41 Å². The van der Waals surface area contributed by atoms with E-state index in [9.17, 15) is 18.7 Å². The van der Waals surface area contributed by atoms with Gasteiger partial charge < -0.3 is 20.8 Å². The number of fused-ring (bicyclic) bond motifs is 1. The summed E-state index contributed by atoms with van der Waals surface area (Å²) in [4.78, 5) is 11.4. The van der Waals surface area contributed by atoms with Gasteiger partial charge >= 0.3 is 5.97 Å². The number of nitrogens with one attached hydrogen (secondary N) is 1. The van der Waals surface area contributed by atoms with Gasteiger partial charge in [0.2, 0.25) is 0 Å². The fraction of sp³-hybridized carbons (Fsp3) is 0.286. The van der Waals surface area contributed by atoms with Crippen molar-refractivity contribution in [2.24, 2.45) is 0 Å². The number of benzene rings is 2. The Bertz CT molecular complexity index is 1380. The van der Waals surface area contributed by atoms with Crippen LogP contribution < -0.4 is 5.73 Å². The number of nitrogens with two attached hydrogens (primary N) is 1.